The predicted molar refractivity (Wildman–Crippen MR) is 62.0 cm³/mol. The number of hydrogen-bond donors (Lipinski definition) is 2. The molecule has 0 aromatic carbocycles. The second-order valence-electron chi connectivity index (χ2n) is 4.77. The van der Waals surface area contributed by atoms with E-state index in [1.165, 1.54) is 6.42 Å². The smallest absolute Gasteiger partial charge is 0.259 e. The lowest BCUT2D eigenvalue weighted by Gasteiger charge is -2.16. The molecule has 88 valence electrons. The van der Waals surface area contributed by atoms with E-state index in [4.69, 9.17) is 5.73 Å². The second kappa shape index (κ2) is 3.81. The zero-order chi connectivity index (χ0) is 11.9. The Morgan fingerprint density at radius 3 is 2.75 bits per heavy atom. The van der Waals surface area contributed by atoms with Crippen LogP contribution in [-0.2, 0) is 0 Å². The summed E-state index contributed by atoms with van der Waals surface area (Å²) in [6.45, 7) is 4.83. The van der Waals surface area contributed by atoms with Crippen LogP contribution in [0, 0.1) is 18.8 Å². The summed E-state index contributed by atoms with van der Waals surface area (Å²) in [5.74, 6) is 1.65. The molecule has 2 rings (SSSR count). The van der Waals surface area contributed by atoms with E-state index in [-0.39, 0.29) is 11.7 Å². The number of H-pyrrole nitrogens is 1. The Labute approximate surface area is 95.0 Å². The van der Waals surface area contributed by atoms with E-state index in [0.29, 0.717) is 11.5 Å². The van der Waals surface area contributed by atoms with E-state index in [9.17, 15) is 4.79 Å². The molecule has 5 nitrogen and oxygen atoms in total. The van der Waals surface area contributed by atoms with Crippen LogP contribution in [0.1, 0.15) is 29.4 Å². The fraction of sp³-hybridized carbons (Fsp3) is 0.636. The number of nitrogen functional groups attached to an aromatic ring is 1. The molecular formula is C11H18N4O. The predicted octanol–water partition coefficient (Wildman–Crippen LogP) is 1.03. The van der Waals surface area contributed by atoms with Crippen LogP contribution in [0.25, 0.3) is 0 Å². The van der Waals surface area contributed by atoms with Crippen LogP contribution in [0.4, 0.5) is 5.82 Å². The minimum atomic E-state index is -0.0390. The van der Waals surface area contributed by atoms with Crippen LogP contribution in [0.15, 0.2) is 0 Å². The third kappa shape index (κ3) is 1.89. The van der Waals surface area contributed by atoms with E-state index < -0.39 is 0 Å². The SMILES string of the molecule is Cc1[nH]nc(N)c1C(=O)N(C)CC1CC1C. The molecule has 16 heavy (non-hydrogen) atoms. The number of aromatic nitrogens is 2. The average Bonchev–Trinajstić information content (AvgIpc) is 2.80. The second-order valence-corrected chi connectivity index (χ2v) is 4.77. The number of hydrogen-bond acceptors (Lipinski definition) is 3. The Balaban J connectivity index is 2.06. The molecule has 1 aliphatic rings. The summed E-state index contributed by atoms with van der Waals surface area (Å²) in [6, 6.07) is 0. The average molecular weight is 222 g/mol. The van der Waals surface area contributed by atoms with E-state index in [2.05, 4.69) is 17.1 Å². The van der Waals surface area contributed by atoms with Crippen molar-refractivity contribution in [3.63, 3.8) is 0 Å². The van der Waals surface area contributed by atoms with Crippen molar-refractivity contribution in [1.29, 1.82) is 0 Å². The van der Waals surface area contributed by atoms with Crippen LogP contribution in [0.3, 0.4) is 0 Å². The summed E-state index contributed by atoms with van der Waals surface area (Å²) in [4.78, 5) is 13.8. The minimum Gasteiger partial charge on any atom is -0.382 e. The summed E-state index contributed by atoms with van der Waals surface area (Å²) in [5.41, 5.74) is 6.91. The largest absolute Gasteiger partial charge is 0.382 e. The molecule has 1 heterocycles. The van der Waals surface area contributed by atoms with Gasteiger partial charge in [0.05, 0.1) is 0 Å². The highest BCUT2D eigenvalue weighted by Crippen LogP contribution is 2.38. The molecule has 3 N–H and O–H groups in total. The van der Waals surface area contributed by atoms with Gasteiger partial charge < -0.3 is 10.6 Å². The van der Waals surface area contributed by atoms with Gasteiger partial charge in [0.2, 0.25) is 0 Å². The number of anilines is 1. The van der Waals surface area contributed by atoms with Crippen molar-refractivity contribution in [1.82, 2.24) is 15.1 Å². The number of carbonyl (C=O) groups is 1. The number of nitrogens with one attached hydrogen (secondary N) is 1. The molecule has 0 aliphatic heterocycles. The van der Waals surface area contributed by atoms with Gasteiger partial charge in [0.1, 0.15) is 5.56 Å². The summed E-state index contributed by atoms with van der Waals surface area (Å²) in [7, 11) is 1.82. The Kier molecular flexibility index (Phi) is 2.61. The molecule has 0 saturated heterocycles. The first-order valence-corrected chi connectivity index (χ1v) is 5.56. The fourth-order valence-electron chi connectivity index (χ4n) is 2.00. The molecule has 2 unspecified atom stereocenters. The standard InChI is InChI=1S/C11H18N4O/c1-6-4-8(6)5-15(3)11(16)9-7(2)13-14-10(9)12/h6,8H,4-5H2,1-3H3,(H3,12,13,14). The van der Waals surface area contributed by atoms with Gasteiger partial charge in [-0.25, -0.2) is 0 Å². The van der Waals surface area contributed by atoms with Crippen LogP contribution in [-0.4, -0.2) is 34.6 Å². The molecule has 1 aromatic rings. The number of rotatable bonds is 3. The first-order chi connectivity index (χ1) is 7.50. The van der Waals surface area contributed by atoms with Gasteiger partial charge in [-0.05, 0) is 25.2 Å². The summed E-state index contributed by atoms with van der Waals surface area (Å²) in [5, 5.41) is 6.56. The van der Waals surface area contributed by atoms with Crippen molar-refractivity contribution >= 4 is 11.7 Å². The highest BCUT2D eigenvalue weighted by Gasteiger charge is 2.34. The van der Waals surface area contributed by atoms with Crippen molar-refractivity contribution in [2.75, 3.05) is 19.3 Å². The number of carbonyl (C=O) groups excluding carboxylic acids is 1. The zero-order valence-electron chi connectivity index (χ0n) is 9.95. The molecule has 5 heteroatoms. The van der Waals surface area contributed by atoms with Crippen LogP contribution >= 0.6 is 0 Å². The lowest BCUT2D eigenvalue weighted by atomic mass is 10.2. The molecule has 0 radical (unpaired) electrons. The van der Waals surface area contributed by atoms with Crippen LogP contribution < -0.4 is 5.73 Å². The Bertz CT molecular complexity index is 393. The lowest BCUT2D eigenvalue weighted by Crippen LogP contribution is -2.29. The van der Waals surface area contributed by atoms with Crippen molar-refractivity contribution in [2.45, 2.75) is 20.3 Å². The van der Waals surface area contributed by atoms with Crippen LogP contribution in [0.2, 0.25) is 0 Å². The number of aryl methyl sites for hydroxylation is 1. The highest BCUT2D eigenvalue weighted by molar-refractivity contribution is 5.99. The van der Waals surface area contributed by atoms with E-state index in [0.717, 1.165) is 18.2 Å². The first-order valence-electron chi connectivity index (χ1n) is 5.56. The van der Waals surface area contributed by atoms with Gasteiger partial charge in [-0.2, -0.15) is 5.10 Å². The summed E-state index contributed by atoms with van der Waals surface area (Å²) < 4.78 is 0. The van der Waals surface area contributed by atoms with Gasteiger partial charge >= 0.3 is 0 Å². The maximum Gasteiger partial charge on any atom is 0.259 e. The maximum absolute atomic E-state index is 12.1. The number of amides is 1. The van der Waals surface area contributed by atoms with E-state index in [1.807, 2.05) is 14.0 Å². The monoisotopic (exact) mass is 222 g/mol. The minimum absolute atomic E-state index is 0.0390. The first kappa shape index (κ1) is 11.0. The molecule has 1 fully saturated rings. The highest BCUT2D eigenvalue weighted by atomic mass is 16.2. The third-order valence-corrected chi connectivity index (χ3v) is 3.32. The van der Waals surface area contributed by atoms with Gasteiger partial charge in [0.15, 0.2) is 5.82 Å². The summed E-state index contributed by atoms with van der Waals surface area (Å²) >= 11 is 0. The Morgan fingerprint density at radius 2 is 2.31 bits per heavy atom. The van der Waals surface area contributed by atoms with Gasteiger partial charge in [0, 0.05) is 19.3 Å². The molecule has 0 bridgehead atoms. The quantitative estimate of drug-likeness (QED) is 0.802. The molecule has 2 atom stereocenters. The third-order valence-electron chi connectivity index (χ3n) is 3.32. The molecule has 1 saturated carbocycles. The van der Waals surface area contributed by atoms with Gasteiger partial charge in [-0.1, -0.05) is 6.92 Å². The van der Waals surface area contributed by atoms with E-state index in [1.54, 1.807) is 4.90 Å². The molecule has 1 amide bonds. The van der Waals surface area contributed by atoms with Crippen molar-refractivity contribution in [2.24, 2.45) is 11.8 Å². The van der Waals surface area contributed by atoms with Crippen molar-refractivity contribution in [3.8, 4) is 0 Å². The Morgan fingerprint density at radius 1 is 1.69 bits per heavy atom. The molecular weight excluding hydrogens is 204 g/mol. The summed E-state index contributed by atoms with van der Waals surface area (Å²) in [6.07, 6.45) is 1.22. The van der Waals surface area contributed by atoms with Gasteiger partial charge in [0.25, 0.3) is 5.91 Å². The Hall–Kier alpha value is -1.52. The number of nitrogens with two attached hydrogens (primary N) is 1. The van der Waals surface area contributed by atoms with E-state index >= 15 is 0 Å². The zero-order valence-corrected chi connectivity index (χ0v) is 9.95. The van der Waals surface area contributed by atoms with Crippen molar-refractivity contribution < 1.29 is 4.79 Å². The number of aromatic amines is 1. The van der Waals surface area contributed by atoms with Gasteiger partial charge in [-0.3, -0.25) is 9.89 Å². The topological polar surface area (TPSA) is 75.0 Å². The fourth-order valence-corrected chi connectivity index (χ4v) is 2.00. The molecule has 1 aromatic heterocycles. The number of nitrogens with zero attached hydrogens (tertiary/aromatic N) is 2. The maximum atomic E-state index is 12.1. The van der Waals surface area contributed by atoms with Gasteiger partial charge in [-0.15, -0.1) is 0 Å². The molecule has 1 aliphatic carbocycles. The lowest BCUT2D eigenvalue weighted by molar-refractivity contribution is 0.0787. The normalized spacial score (nSPS) is 23.2. The molecule has 0 spiro atoms. The van der Waals surface area contributed by atoms with Crippen molar-refractivity contribution in [3.05, 3.63) is 11.3 Å². The van der Waals surface area contributed by atoms with Crippen LogP contribution in [0.5, 0.6) is 0 Å².